The fraction of sp³-hybridized carbons (Fsp3) is 0.133. The van der Waals surface area contributed by atoms with Gasteiger partial charge in [-0.2, -0.15) is 0 Å². The Bertz CT molecular complexity index is 683. The molecular weight excluding hydrogens is 224 g/mol. The van der Waals surface area contributed by atoms with Crippen molar-refractivity contribution in [3.05, 3.63) is 65.6 Å². The summed E-state index contributed by atoms with van der Waals surface area (Å²) in [4.78, 5) is 4.63. The van der Waals surface area contributed by atoms with Crippen LogP contribution in [0.3, 0.4) is 0 Å². The summed E-state index contributed by atoms with van der Waals surface area (Å²) in [5.41, 5.74) is 4.37. The highest BCUT2D eigenvalue weighted by atomic mass is 16.3. The van der Waals surface area contributed by atoms with Crippen LogP contribution in [0, 0.1) is 6.92 Å². The molecule has 18 heavy (non-hydrogen) atoms. The molecule has 3 aromatic rings. The summed E-state index contributed by atoms with van der Waals surface area (Å²) in [5, 5.41) is 9.25. The van der Waals surface area contributed by atoms with E-state index in [9.17, 15) is 5.11 Å². The molecule has 2 aromatic heterocycles. The summed E-state index contributed by atoms with van der Waals surface area (Å²) in [6.07, 6.45) is 4.84. The fourth-order valence-corrected chi connectivity index (χ4v) is 2.11. The van der Waals surface area contributed by atoms with Gasteiger partial charge in [0.05, 0.1) is 5.69 Å². The van der Waals surface area contributed by atoms with Gasteiger partial charge < -0.3 is 9.51 Å². The number of aryl methyl sites for hydroxylation is 1. The van der Waals surface area contributed by atoms with Crippen molar-refractivity contribution in [1.82, 2.24) is 9.38 Å². The van der Waals surface area contributed by atoms with Gasteiger partial charge in [-0.3, -0.25) is 0 Å². The van der Waals surface area contributed by atoms with Gasteiger partial charge in [-0.25, -0.2) is 4.98 Å². The van der Waals surface area contributed by atoms with Crippen LogP contribution in [0.2, 0.25) is 0 Å². The van der Waals surface area contributed by atoms with E-state index in [0.29, 0.717) is 5.75 Å². The molecule has 3 rings (SSSR count). The van der Waals surface area contributed by atoms with Crippen LogP contribution in [0.5, 0.6) is 5.75 Å². The second kappa shape index (κ2) is 4.18. The average Bonchev–Trinajstić information content (AvgIpc) is 2.76. The SMILES string of the molecule is Cc1cccn2cc(Cc3ccc(O)cc3)nc12. The number of hydrogen-bond acceptors (Lipinski definition) is 2. The molecule has 1 aromatic carbocycles. The Labute approximate surface area is 105 Å². The summed E-state index contributed by atoms with van der Waals surface area (Å²) in [6.45, 7) is 2.06. The summed E-state index contributed by atoms with van der Waals surface area (Å²) in [6, 6.07) is 11.3. The van der Waals surface area contributed by atoms with Crippen molar-refractivity contribution >= 4 is 5.65 Å². The third-order valence-corrected chi connectivity index (χ3v) is 3.05. The first-order valence-electron chi connectivity index (χ1n) is 5.93. The first-order valence-corrected chi connectivity index (χ1v) is 5.93. The van der Waals surface area contributed by atoms with Crippen LogP contribution in [0.1, 0.15) is 16.8 Å². The number of imidazole rings is 1. The normalized spacial score (nSPS) is 10.9. The van der Waals surface area contributed by atoms with Crippen LogP contribution in [0.25, 0.3) is 5.65 Å². The molecule has 0 saturated carbocycles. The summed E-state index contributed by atoms with van der Waals surface area (Å²) in [7, 11) is 0. The lowest BCUT2D eigenvalue weighted by Gasteiger charge is -1.97. The zero-order valence-electron chi connectivity index (χ0n) is 10.2. The van der Waals surface area contributed by atoms with E-state index in [1.165, 1.54) is 5.56 Å². The molecule has 0 fully saturated rings. The first-order chi connectivity index (χ1) is 8.72. The summed E-state index contributed by atoms with van der Waals surface area (Å²) >= 11 is 0. The molecule has 3 nitrogen and oxygen atoms in total. The zero-order chi connectivity index (χ0) is 12.5. The maximum atomic E-state index is 9.25. The van der Waals surface area contributed by atoms with Crippen molar-refractivity contribution < 1.29 is 5.11 Å². The largest absolute Gasteiger partial charge is 0.508 e. The van der Waals surface area contributed by atoms with Crippen molar-refractivity contribution in [3.8, 4) is 5.75 Å². The second-order valence-corrected chi connectivity index (χ2v) is 4.50. The highest BCUT2D eigenvalue weighted by molar-refractivity contribution is 5.48. The molecule has 90 valence electrons. The average molecular weight is 238 g/mol. The van der Waals surface area contributed by atoms with Crippen molar-refractivity contribution in [3.63, 3.8) is 0 Å². The van der Waals surface area contributed by atoms with E-state index in [-0.39, 0.29) is 0 Å². The monoisotopic (exact) mass is 238 g/mol. The van der Waals surface area contributed by atoms with Gasteiger partial charge in [0.25, 0.3) is 0 Å². The number of rotatable bonds is 2. The molecule has 0 aliphatic carbocycles. The van der Waals surface area contributed by atoms with E-state index in [1.54, 1.807) is 12.1 Å². The first kappa shape index (κ1) is 10.8. The van der Waals surface area contributed by atoms with Gasteiger partial charge in [-0.15, -0.1) is 0 Å². The minimum absolute atomic E-state index is 0.296. The number of pyridine rings is 1. The lowest BCUT2D eigenvalue weighted by atomic mass is 10.1. The van der Waals surface area contributed by atoms with E-state index >= 15 is 0 Å². The number of fused-ring (bicyclic) bond motifs is 1. The van der Waals surface area contributed by atoms with E-state index in [2.05, 4.69) is 24.2 Å². The number of aromatic hydroxyl groups is 1. The van der Waals surface area contributed by atoms with Gasteiger partial charge in [0.2, 0.25) is 0 Å². The molecule has 1 N–H and O–H groups in total. The number of hydrogen-bond donors (Lipinski definition) is 1. The Kier molecular flexibility index (Phi) is 2.52. The summed E-state index contributed by atoms with van der Waals surface area (Å²) < 4.78 is 2.05. The van der Waals surface area contributed by atoms with Crippen LogP contribution in [0.15, 0.2) is 48.8 Å². The molecule has 0 aliphatic heterocycles. The lowest BCUT2D eigenvalue weighted by molar-refractivity contribution is 0.475. The van der Waals surface area contributed by atoms with E-state index in [4.69, 9.17) is 0 Å². The Morgan fingerprint density at radius 1 is 1.17 bits per heavy atom. The molecular formula is C15H14N2O. The molecule has 0 spiro atoms. The topological polar surface area (TPSA) is 37.5 Å². The van der Waals surface area contributed by atoms with Gasteiger partial charge in [0.15, 0.2) is 0 Å². The highest BCUT2D eigenvalue weighted by Gasteiger charge is 2.04. The Hall–Kier alpha value is -2.29. The molecule has 0 radical (unpaired) electrons. The van der Waals surface area contributed by atoms with Gasteiger partial charge in [-0.05, 0) is 36.2 Å². The number of phenolic OH excluding ortho intramolecular Hbond substituents is 1. The summed E-state index contributed by atoms with van der Waals surface area (Å²) in [5.74, 6) is 0.296. The predicted molar refractivity (Wildman–Crippen MR) is 70.8 cm³/mol. The van der Waals surface area contributed by atoms with Gasteiger partial charge in [0, 0.05) is 18.8 Å². The third kappa shape index (κ3) is 1.95. The molecule has 0 unspecified atom stereocenters. The van der Waals surface area contributed by atoms with Crippen molar-refractivity contribution in [2.24, 2.45) is 0 Å². The van der Waals surface area contributed by atoms with Crippen LogP contribution in [0.4, 0.5) is 0 Å². The third-order valence-electron chi connectivity index (χ3n) is 3.05. The molecule has 2 heterocycles. The number of phenols is 1. The fourth-order valence-electron chi connectivity index (χ4n) is 2.11. The number of nitrogens with zero attached hydrogens (tertiary/aromatic N) is 2. The second-order valence-electron chi connectivity index (χ2n) is 4.50. The number of aromatic nitrogens is 2. The predicted octanol–water partition coefficient (Wildman–Crippen LogP) is 2.94. The lowest BCUT2D eigenvalue weighted by Crippen LogP contribution is -1.87. The van der Waals surface area contributed by atoms with Crippen LogP contribution in [-0.2, 0) is 6.42 Å². The smallest absolute Gasteiger partial charge is 0.139 e. The maximum Gasteiger partial charge on any atom is 0.139 e. The zero-order valence-corrected chi connectivity index (χ0v) is 10.2. The quantitative estimate of drug-likeness (QED) is 0.745. The van der Waals surface area contributed by atoms with Crippen LogP contribution >= 0.6 is 0 Å². The minimum atomic E-state index is 0.296. The van der Waals surface area contributed by atoms with Gasteiger partial charge in [-0.1, -0.05) is 18.2 Å². The number of benzene rings is 1. The Morgan fingerprint density at radius 2 is 1.94 bits per heavy atom. The van der Waals surface area contributed by atoms with Gasteiger partial charge in [0.1, 0.15) is 11.4 Å². The maximum absolute atomic E-state index is 9.25. The molecule has 0 aliphatic rings. The highest BCUT2D eigenvalue weighted by Crippen LogP contribution is 2.15. The standard InChI is InChI=1S/C15H14N2O/c1-11-3-2-8-17-10-13(16-15(11)17)9-12-4-6-14(18)7-5-12/h2-8,10,18H,9H2,1H3. The van der Waals surface area contributed by atoms with Crippen LogP contribution in [-0.4, -0.2) is 14.5 Å². The Morgan fingerprint density at radius 3 is 2.67 bits per heavy atom. The van der Waals surface area contributed by atoms with Gasteiger partial charge >= 0.3 is 0 Å². The minimum Gasteiger partial charge on any atom is -0.508 e. The Balaban J connectivity index is 1.95. The van der Waals surface area contributed by atoms with Crippen LogP contribution < -0.4 is 0 Å². The van der Waals surface area contributed by atoms with Crippen molar-refractivity contribution in [1.29, 1.82) is 0 Å². The van der Waals surface area contributed by atoms with Crippen molar-refractivity contribution in [2.45, 2.75) is 13.3 Å². The van der Waals surface area contributed by atoms with E-state index < -0.39 is 0 Å². The molecule has 3 heteroatoms. The molecule has 0 atom stereocenters. The molecule has 0 amide bonds. The van der Waals surface area contributed by atoms with E-state index in [0.717, 1.165) is 23.3 Å². The molecule has 0 saturated heterocycles. The molecule has 0 bridgehead atoms. The van der Waals surface area contributed by atoms with Crippen molar-refractivity contribution in [2.75, 3.05) is 0 Å². The van der Waals surface area contributed by atoms with E-state index in [1.807, 2.05) is 28.8 Å².